The van der Waals surface area contributed by atoms with Crippen molar-refractivity contribution in [3.63, 3.8) is 0 Å². The topological polar surface area (TPSA) is 66.9 Å². The summed E-state index contributed by atoms with van der Waals surface area (Å²) in [6, 6.07) is 14.8. The number of nitrogens with zero attached hydrogens (tertiary/aromatic N) is 2. The van der Waals surface area contributed by atoms with E-state index in [1.807, 2.05) is 35.2 Å². The average molecular weight is 378 g/mol. The third kappa shape index (κ3) is 4.17. The molecule has 6 heteroatoms. The number of benzene rings is 1. The zero-order chi connectivity index (χ0) is 19.3. The fourth-order valence-corrected chi connectivity index (χ4v) is 3.46. The summed E-state index contributed by atoms with van der Waals surface area (Å²) >= 11 is 0. The van der Waals surface area contributed by atoms with Gasteiger partial charge in [0.25, 0.3) is 5.91 Å². The summed E-state index contributed by atoms with van der Waals surface area (Å²) in [6.07, 6.45) is 4.70. The number of carbonyl (C=O) groups is 2. The number of hydrogen-bond donors (Lipinski definition) is 0. The van der Waals surface area contributed by atoms with Crippen molar-refractivity contribution in [2.24, 2.45) is 0 Å². The SMILES string of the molecule is O=C1CCCN1Cc1cccc(C(=O)N(Cc2ccco2)Cc2ccco2)c1. The van der Waals surface area contributed by atoms with Crippen LogP contribution in [-0.4, -0.2) is 28.2 Å². The molecule has 3 heterocycles. The lowest BCUT2D eigenvalue weighted by Crippen LogP contribution is -2.30. The Balaban J connectivity index is 1.53. The monoisotopic (exact) mass is 378 g/mol. The van der Waals surface area contributed by atoms with E-state index in [9.17, 15) is 9.59 Å². The van der Waals surface area contributed by atoms with Crippen molar-refractivity contribution in [3.8, 4) is 0 Å². The number of hydrogen-bond acceptors (Lipinski definition) is 4. The van der Waals surface area contributed by atoms with Gasteiger partial charge in [0.15, 0.2) is 0 Å². The van der Waals surface area contributed by atoms with E-state index in [-0.39, 0.29) is 11.8 Å². The van der Waals surface area contributed by atoms with Gasteiger partial charge in [0.2, 0.25) is 5.91 Å². The molecule has 0 radical (unpaired) electrons. The minimum absolute atomic E-state index is 0.109. The van der Waals surface area contributed by atoms with Crippen LogP contribution < -0.4 is 0 Å². The zero-order valence-corrected chi connectivity index (χ0v) is 15.5. The lowest BCUT2D eigenvalue weighted by atomic mass is 10.1. The molecule has 28 heavy (non-hydrogen) atoms. The number of carbonyl (C=O) groups excluding carboxylic acids is 2. The van der Waals surface area contributed by atoms with Crippen LogP contribution in [0, 0.1) is 0 Å². The van der Waals surface area contributed by atoms with Gasteiger partial charge in [-0.25, -0.2) is 0 Å². The largest absolute Gasteiger partial charge is 0.467 e. The third-order valence-electron chi connectivity index (χ3n) is 4.86. The second-order valence-corrected chi connectivity index (χ2v) is 6.94. The summed E-state index contributed by atoms with van der Waals surface area (Å²) in [5.41, 5.74) is 1.54. The van der Waals surface area contributed by atoms with Crippen LogP contribution >= 0.6 is 0 Å². The molecule has 0 N–H and O–H groups in total. The predicted octanol–water partition coefficient (Wildman–Crippen LogP) is 3.84. The van der Waals surface area contributed by atoms with Crippen LogP contribution in [0.25, 0.3) is 0 Å². The van der Waals surface area contributed by atoms with Crippen molar-refractivity contribution in [2.45, 2.75) is 32.5 Å². The molecular formula is C22H22N2O4. The van der Waals surface area contributed by atoms with Crippen LogP contribution in [0.1, 0.15) is 40.3 Å². The highest BCUT2D eigenvalue weighted by Crippen LogP contribution is 2.18. The van der Waals surface area contributed by atoms with E-state index in [4.69, 9.17) is 8.83 Å². The molecule has 1 saturated heterocycles. The molecule has 0 bridgehead atoms. The molecular weight excluding hydrogens is 356 g/mol. The van der Waals surface area contributed by atoms with Crippen molar-refractivity contribution in [2.75, 3.05) is 6.54 Å². The number of likely N-dealkylation sites (tertiary alicyclic amines) is 1. The van der Waals surface area contributed by atoms with Gasteiger partial charge in [0.1, 0.15) is 11.5 Å². The van der Waals surface area contributed by atoms with E-state index in [0.717, 1.165) is 18.5 Å². The van der Waals surface area contributed by atoms with Crippen molar-refractivity contribution in [1.29, 1.82) is 0 Å². The first-order valence-electron chi connectivity index (χ1n) is 9.40. The van der Waals surface area contributed by atoms with E-state index in [1.54, 1.807) is 35.6 Å². The fraction of sp³-hybridized carbons (Fsp3) is 0.273. The first-order chi connectivity index (χ1) is 13.7. The number of furan rings is 2. The minimum atomic E-state index is -0.109. The molecule has 1 aliphatic rings. The molecule has 2 aromatic heterocycles. The van der Waals surface area contributed by atoms with Crippen molar-refractivity contribution in [3.05, 3.63) is 83.7 Å². The highest BCUT2D eigenvalue weighted by atomic mass is 16.3. The smallest absolute Gasteiger partial charge is 0.254 e. The molecule has 1 aromatic carbocycles. The second kappa shape index (κ2) is 8.17. The van der Waals surface area contributed by atoms with Crippen molar-refractivity contribution in [1.82, 2.24) is 9.80 Å². The maximum atomic E-state index is 13.2. The van der Waals surface area contributed by atoms with Gasteiger partial charge in [0, 0.05) is 25.1 Å². The van der Waals surface area contributed by atoms with Gasteiger partial charge in [-0.05, 0) is 48.4 Å². The second-order valence-electron chi connectivity index (χ2n) is 6.94. The van der Waals surface area contributed by atoms with E-state index >= 15 is 0 Å². The van der Waals surface area contributed by atoms with E-state index in [2.05, 4.69) is 0 Å². The maximum Gasteiger partial charge on any atom is 0.254 e. The lowest BCUT2D eigenvalue weighted by molar-refractivity contribution is -0.128. The summed E-state index contributed by atoms with van der Waals surface area (Å²) in [4.78, 5) is 28.6. The standard InChI is InChI=1S/C22H22N2O4/c25-21-9-2-10-23(21)14-17-5-1-6-18(13-17)22(26)24(15-19-7-3-11-27-19)16-20-8-4-12-28-20/h1,3-8,11-13H,2,9-10,14-16H2. The fourth-order valence-electron chi connectivity index (χ4n) is 3.46. The van der Waals surface area contributed by atoms with Gasteiger partial charge in [-0.3, -0.25) is 9.59 Å². The Labute approximate surface area is 163 Å². The molecule has 1 aliphatic heterocycles. The summed E-state index contributed by atoms with van der Waals surface area (Å²) < 4.78 is 10.8. The Morgan fingerprint density at radius 3 is 2.29 bits per heavy atom. The molecule has 6 nitrogen and oxygen atoms in total. The van der Waals surface area contributed by atoms with E-state index < -0.39 is 0 Å². The highest BCUT2D eigenvalue weighted by molar-refractivity contribution is 5.94. The van der Waals surface area contributed by atoms with Crippen LogP contribution in [0.5, 0.6) is 0 Å². The summed E-state index contributed by atoms with van der Waals surface area (Å²) in [5.74, 6) is 1.48. The van der Waals surface area contributed by atoms with Crippen molar-refractivity contribution >= 4 is 11.8 Å². The normalized spacial score (nSPS) is 13.9. The van der Waals surface area contributed by atoms with E-state index in [1.165, 1.54) is 0 Å². The number of rotatable bonds is 7. The molecule has 4 rings (SSSR count). The molecule has 0 saturated carbocycles. The molecule has 1 fully saturated rings. The van der Waals surface area contributed by atoms with Crippen LogP contribution in [0.4, 0.5) is 0 Å². The van der Waals surface area contributed by atoms with Crippen LogP contribution in [0.15, 0.2) is 69.9 Å². The van der Waals surface area contributed by atoms with Crippen LogP contribution in [0.2, 0.25) is 0 Å². The van der Waals surface area contributed by atoms with Gasteiger partial charge in [0.05, 0.1) is 25.6 Å². The van der Waals surface area contributed by atoms with Gasteiger partial charge < -0.3 is 18.6 Å². The Morgan fingerprint density at radius 2 is 1.71 bits per heavy atom. The molecule has 0 unspecified atom stereocenters. The molecule has 2 amide bonds. The Bertz CT molecular complexity index is 895. The summed E-state index contributed by atoms with van der Waals surface area (Å²) in [5, 5.41) is 0. The van der Waals surface area contributed by atoms with Gasteiger partial charge in [-0.15, -0.1) is 0 Å². The lowest BCUT2D eigenvalue weighted by Gasteiger charge is -2.21. The summed E-state index contributed by atoms with van der Waals surface area (Å²) in [7, 11) is 0. The first-order valence-corrected chi connectivity index (χ1v) is 9.40. The molecule has 3 aromatic rings. The van der Waals surface area contributed by atoms with Gasteiger partial charge in [-0.2, -0.15) is 0 Å². The zero-order valence-electron chi connectivity index (χ0n) is 15.5. The molecule has 0 spiro atoms. The molecule has 0 atom stereocenters. The molecule has 0 aliphatic carbocycles. The third-order valence-corrected chi connectivity index (χ3v) is 4.86. The average Bonchev–Trinajstić information content (AvgIpc) is 3.46. The van der Waals surface area contributed by atoms with Gasteiger partial charge in [-0.1, -0.05) is 12.1 Å². The van der Waals surface area contributed by atoms with E-state index in [0.29, 0.717) is 43.1 Å². The quantitative estimate of drug-likeness (QED) is 0.627. The molecule has 144 valence electrons. The summed E-state index contributed by atoms with van der Waals surface area (Å²) in [6.45, 7) is 2.01. The predicted molar refractivity (Wildman–Crippen MR) is 102 cm³/mol. The van der Waals surface area contributed by atoms with Gasteiger partial charge >= 0.3 is 0 Å². The maximum absolute atomic E-state index is 13.2. The number of amides is 2. The Hall–Kier alpha value is -3.28. The Kier molecular flexibility index (Phi) is 5.28. The minimum Gasteiger partial charge on any atom is -0.467 e. The first kappa shape index (κ1) is 18.1. The van der Waals surface area contributed by atoms with Crippen molar-refractivity contribution < 1.29 is 18.4 Å². The Morgan fingerprint density at radius 1 is 1.00 bits per heavy atom. The van der Waals surface area contributed by atoms with Crippen LogP contribution in [-0.2, 0) is 24.4 Å². The van der Waals surface area contributed by atoms with Crippen LogP contribution in [0.3, 0.4) is 0 Å². The highest BCUT2D eigenvalue weighted by Gasteiger charge is 2.22.